The van der Waals surface area contributed by atoms with Crippen LogP contribution in [0.3, 0.4) is 0 Å². The van der Waals surface area contributed by atoms with Gasteiger partial charge in [0.2, 0.25) is 5.91 Å². The van der Waals surface area contributed by atoms with E-state index in [2.05, 4.69) is 20.6 Å². The van der Waals surface area contributed by atoms with Crippen LogP contribution in [0, 0.1) is 0 Å². The van der Waals surface area contributed by atoms with Crippen molar-refractivity contribution in [2.24, 2.45) is 0 Å². The predicted octanol–water partition coefficient (Wildman–Crippen LogP) is 1.00. The van der Waals surface area contributed by atoms with E-state index in [1.54, 1.807) is 26.4 Å². The van der Waals surface area contributed by atoms with Crippen LogP contribution in [0.25, 0.3) is 10.9 Å². The van der Waals surface area contributed by atoms with Gasteiger partial charge >= 0.3 is 0 Å². The average molecular weight is 389 g/mol. The zero-order valence-corrected chi connectivity index (χ0v) is 16.3. The van der Waals surface area contributed by atoms with E-state index >= 15 is 0 Å². The van der Waals surface area contributed by atoms with Gasteiger partial charge in [-0.15, -0.1) is 0 Å². The molecule has 1 fully saturated rings. The second-order valence-corrected chi connectivity index (χ2v) is 6.57. The van der Waals surface area contributed by atoms with Crippen LogP contribution in [-0.2, 0) is 16.1 Å². The third kappa shape index (κ3) is 4.79. The SMILES string of the molecule is COc1cc2nc(CNCCCNC(=O)[C@H]3CCCO3)nc(N)c2cc1OC. The quantitative estimate of drug-likeness (QED) is 0.543. The van der Waals surface area contributed by atoms with Crippen molar-refractivity contribution in [3.63, 3.8) is 0 Å². The third-order valence-electron chi connectivity index (χ3n) is 4.61. The normalized spacial score (nSPS) is 16.3. The predicted molar refractivity (Wildman–Crippen MR) is 105 cm³/mol. The lowest BCUT2D eigenvalue weighted by Crippen LogP contribution is -2.35. The lowest BCUT2D eigenvalue weighted by Gasteiger charge is -2.12. The van der Waals surface area contributed by atoms with Gasteiger partial charge in [-0.2, -0.15) is 0 Å². The first-order valence-electron chi connectivity index (χ1n) is 9.40. The van der Waals surface area contributed by atoms with Crippen LogP contribution in [0.1, 0.15) is 25.1 Å². The molecule has 0 saturated carbocycles. The van der Waals surface area contributed by atoms with Crippen molar-refractivity contribution in [1.82, 2.24) is 20.6 Å². The monoisotopic (exact) mass is 389 g/mol. The Morgan fingerprint density at radius 2 is 2.04 bits per heavy atom. The van der Waals surface area contributed by atoms with Gasteiger partial charge in [-0.05, 0) is 31.9 Å². The molecule has 2 heterocycles. The Kier molecular flexibility index (Phi) is 6.83. The Hall–Kier alpha value is -2.65. The highest BCUT2D eigenvalue weighted by Crippen LogP contribution is 2.33. The summed E-state index contributed by atoms with van der Waals surface area (Å²) in [5.41, 5.74) is 6.78. The van der Waals surface area contributed by atoms with Gasteiger partial charge in [-0.25, -0.2) is 9.97 Å². The van der Waals surface area contributed by atoms with Crippen molar-refractivity contribution < 1.29 is 19.0 Å². The Morgan fingerprint density at radius 3 is 2.75 bits per heavy atom. The molecule has 0 unspecified atom stereocenters. The Bertz CT molecular complexity index is 824. The molecule has 1 saturated heterocycles. The van der Waals surface area contributed by atoms with Crippen LogP contribution in [0.2, 0.25) is 0 Å². The van der Waals surface area contributed by atoms with Crippen LogP contribution in [-0.4, -0.2) is 55.9 Å². The largest absolute Gasteiger partial charge is 0.493 e. The number of nitrogens with one attached hydrogen (secondary N) is 2. The maximum atomic E-state index is 11.8. The zero-order valence-electron chi connectivity index (χ0n) is 16.3. The molecule has 4 N–H and O–H groups in total. The molecular weight excluding hydrogens is 362 g/mol. The Morgan fingerprint density at radius 1 is 1.25 bits per heavy atom. The number of nitrogen functional groups attached to an aromatic ring is 1. The first-order valence-corrected chi connectivity index (χ1v) is 9.40. The van der Waals surface area contributed by atoms with Crippen LogP contribution >= 0.6 is 0 Å². The fraction of sp³-hybridized carbons (Fsp3) is 0.526. The van der Waals surface area contributed by atoms with Crippen molar-refractivity contribution >= 4 is 22.6 Å². The summed E-state index contributed by atoms with van der Waals surface area (Å²) in [6, 6.07) is 3.56. The second kappa shape index (κ2) is 9.52. The van der Waals surface area contributed by atoms with Crippen LogP contribution in [0.4, 0.5) is 5.82 Å². The minimum atomic E-state index is -0.280. The van der Waals surface area contributed by atoms with Gasteiger partial charge in [0.05, 0.1) is 26.3 Å². The Balaban J connectivity index is 1.49. The summed E-state index contributed by atoms with van der Waals surface area (Å²) in [7, 11) is 3.15. The minimum Gasteiger partial charge on any atom is -0.493 e. The zero-order chi connectivity index (χ0) is 19.9. The number of hydrogen-bond acceptors (Lipinski definition) is 8. The number of amides is 1. The van der Waals surface area contributed by atoms with E-state index in [1.165, 1.54) is 0 Å². The molecule has 1 aliphatic heterocycles. The molecule has 0 bridgehead atoms. The molecule has 0 radical (unpaired) electrons. The van der Waals surface area contributed by atoms with Crippen molar-refractivity contribution in [2.75, 3.05) is 39.6 Å². The molecule has 1 aromatic carbocycles. The second-order valence-electron chi connectivity index (χ2n) is 6.57. The highest BCUT2D eigenvalue weighted by Gasteiger charge is 2.22. The average Bonchev–Trinajstić information content (AvgIpc) is 3.24. The summed E-state index contributed by atoms with van der Waals surface area (Å²) in [5, 5.41) is 6.89. The molecule has 1 aromatic heterocycles. The van der Waals surface area contributed by atoms with Gasteiger partial charge in [0.25, 0.3) is 0 Å². The van der Waals surface area contributed by atoms with Crippen LogP contribution in [0.15, 0.2) is 12.1 Å². The van der Waals surface area contributed by atoms with Gasteiger partial charge in [-0.3, -0.25) is 4.79 Å². The lowest BCUT2D eigenvalue weighted by molar-refractivity contribution is -0.130. The molecule has 152 valence electrons. The molecule has 9 heteroatoms. The molecule has 1 aliphatic rings. The highest BCUT2D eigenvalue weighted by atomic mass is 16.5. The molecule has 9 nitrogen and oxygen atoms in total. The summed E-state index contributed by atoms with van der Waals surface area (Å²) in [6.45, 7) is 2.48. The first kappa shape index (κ1) is 20.1. The smallest absolute Gasteiger partial charge is 0.249 e. The van der Waals surface area contributed by atoms with Gasteiger partial charge in [-0.1, -0.05) is 0 Å². The summed E-state index contributed by atoms with van der Waals surface area (Å²) in [4.78, 5) is 20.7. The number of carbonyl (C=O) groups is 1. The van der Waals surface area contributed by atoms with Crippen LogP contribution in [0.5, 0.6) is 11.5 Å². The molecule has 28 heavy (non-hydrogen) atoms. The molecule has 1 amide bonds. The van der Waals surface area contributed by atoms with Gasteiger partial charge in [0.15, 0.2) is 11.5 Å². The summed E-state index contributed by atoms with van der Waals surface area (Å²) in [6.07, 6.45) is 2.28. The van der Waals surface area contributed by atoms with Crippen molar-refractivity contribution in [3.05, 3.63) is 18.0 Å². The summed E-state index contributed by atoms with van der Waals surface area (Å²) in [5.74, 6) is 2.15. The number of benzene rings is 1. The number of anilines is 1. The minimum absolute atomic E-state index is 0.0208. The molecule has 2 aromatic rings. The number of aromatic nitrogens is 2. The van der Waals surface area contributed by atoms with Crippen molar-refractivity contribution in [3.8, 4) is 11.5 Å². The van der Waals surface area contributed by atoms with E-state index in [1.807, 2.05) is 0 Å². The summed E-state index contributed by atoms with van der Waals surface area (Å²) >= 11 is 0. The fourth-order valence-corrected chi connectivity index (χ4v) is 3.13. The number of methoxy groups -OCH3 is 2. The highest BCUT2D eigenvalue weighted by molar-refractivity contribution is 5.90. The van der Waals surface area contributed by atoms with Gasteiger partial charge in [0, 0.05) is 24.6 Å². The number of nitrogens with zero attached hydrogens (tertiary/aromatic N) is 2. The van der Waals surface area contributed by atoms with Crippen LogP contribution < -0.4 is 25.8 Å². The summed E-state index contributed by atoms with van der Waals surface area (Å²) < 4.78 is 16.0. The molecule has 0 aliphatic carbocycles. The number of nitrogens with two attached hydrogens (primary N) is 1. The number of fused-ring (bicyclic) bond motifs is 1. The number of rotatable bonds is 9. The van der Waals surface area contributed by atoms with E-state index in [-0.39, 0.29) is 12.0 Å². The first-order chi connectivity index (χ1) is 13.6. The molecular formula is C19H27N5O4. The third-order valence-corrected chi connectivity index (χ3v) is 4.61. The molecule has 0 spiro atoms. The van der Waals surface area contributed by atoms with E-state index in [0.29, 0.717) is 48.4 Å². The number of ether oxygens (including phenoxy) is 3. The number of hydrogen-bond donors (Lipinski definition) is 3. The Labute approximate surface area is 164 Å². The molecule has 3 rings (SSSR count). The van der Waals surface area contributed by atoms with E-state index in [4.69, 9.17) is 19.9 Å². The maximum Gasteiger partial charge on any atom is 0.249 e. The van der Waals surface area contributed by atoms with Gasteiger partial charge in [0.1, 0.15) is 17.7 Å². The van der Waals surface area contributed by atoms with E-state index in [0.717, 1.165) is 31.2 Å². The molecule has 1 atom stereocenters. The van der Waals surface area contributed by atoms with Crippen molar-refractivity contribution in [1.29, 1.82) is 0 Å². The van der Waals surface area contributed by atoms with Crippen molar-refractivity contribution in [2.45, 2.75) is 31.9 Å². The number of carbonyl (C=O) groups excluding carboxylic acids is 1. The maximum absolute atomic E-state index is 11.8. The standard InChI is InChI=1S/C19H27N5O4/c1-26-15-9-12-13(10-16(15)27-2)23-17(24-18(12)20)11-21-6-4-7-22-19(25)14-5-3-8-28-14/h9-10,14,21H,3-8,11H2,1-2H3,(H,22,25)(H2,20,23,24)/t14-/m1/s1. The topological polar surface area (TPSA) is 121 Å². The lowest BCUT2D eigenvalue weighted by atomic mass is 10.2. The van der Waals surface area contributed by atoms with Gasteiger partial charge < -0.3 is 30.6 Å². The fourth-order valence-electron chi connectivity index (χ4n) is 3.13. The van der Waals surface area contributed by atoms with E-state index in [9.17, 15) is 4.79 Å². The van der Waals surface area contributed by atoms with E-state index < -0.39 is 0 Å².